The number of sulfonamides is 1. The molecule has 2 heterocycles. The van der Waals surface area contributed by atoms with Gasteiger partial charge in [-0.05, 0) is 55.7 Å². The first-order valence-electron chi connectivity index (χ1n) is 9.70. The molecule has 1 aromatic carbocycles. The Kier molecular flexibility index (Phi) is 6.54. The maximum atomic E-state index is 12.7. The third-order valence-corrected chi connectivity index (χ3v) is 7.57. The molecule has 2 saturated heterocycles. The van der Waals surface area contributed by atoms with Crippen LogP contribution in [-0.4, -0.2) is 67.1 Å². The van der Waals surface area contributed by atoms with Gasteiger partial charge >= 0.3 is 12.1 Å². The van der Waals surface area contributed by atoms with Gasteiger partial charge in [-0.3, -0.25) is 4.79 Å². The number of carbonyl (C=O) groups is 1. The van der Waals surface area contributed by atoms with Crippen LogP contribution in [0.1, 0.15) is 31.2 Å². The summed E-state index contributed by atoms with van der Waals surface area (Å²) in [5.74, 6) is -1.63. The van der Waals surface area contributed by atoms with Crippen LogP contribution < -0.4 is 0 Å². The third-order valence-electron chi connectivity index (χ3n) is 5.65. The average Bonchev–Trinajstić information content (AvgIpc) is 2.68. The van der Waals surface area contributed by atoms with Crippen molar-refractivity contribution in [3.05, 3.63) is 29.8 Å². The maximum absolute atomic E-state index is 12.7. The summed E-state index contributed by atoms with van der Waals surface area (Å²) >= 11 is 0. The second-order valence-electron chi connectivity index (χ2n) is 7.72. The first kappa shape index (κ1) is 22.0. The molecule has 0 aliphatic carbocycles. The second kappa shape index (κ2) is 8.61. The van der Waals surface area contributed by atoms with E-state index in [1.165, 1.54) is 4.31 Å². The van der Waals surface area contributed by atoms with E-state index in [1.807, 2.05) is 0 Å². The van der Waals surface area contributed by atoms with Crippen molar-refractivity contribution >= 4 is 15.9 Å². The van der Waals surface area contributed by atoms with Crippen LogP contribution in [-0.2, 0) is 21.2 Å². The lowest BCUT2D eigenvalue weighted by molar-refractivity contribution is -0.186. The molecular formula is C19H25F3N2O4S. The van der Waals surface area contributed by atoms with Crippen LogP contribution in [0, 0.1) is 5.92 Å². The van der Waals surface area contributed by atoms with Crippen molar-refractivity contribution in [3.8, 4) is 0 Å². The van der Waals surface area contributed by atoms with Crippen LogP contribution in [0.2, 0.25) is 0 Å². The Labute approximate surface area is 168 Å². The van der Waals surface area contributed by atoms with Gasteiger partial charge in [-0.25, -0.2) is 8.42 Å². The molecule has 0 unspecified atom stereocenters. The predicted molar refractivity (Wildman–Crippen MR) is 99.5 cm³/mol. The molecule has 1 aromatic rings. The lowest BCUT2D eigenvalue weighted by atomic mass is 9.90. The van der Waals surface area contributed by atoms with E-state index in [2.05, 4.69) is 0 Å². The Balaban J connectivity index is 1.56. The minimum Gasteiger partial charge on any atom is -0.393 e. The number of aliphatic hydroxyl groups is 1. The molecule has 0 spiro atoms. The maximum Gasteiger partial charge on any atom is 0.471 e. The number of alkyl halides is 3. The second-order valence-corrected chi connectivity index (χ2v) is 9.65. The first-order chi connectivity index (χ1) is 13.6. The monoisotopic (exact) mass is 434 g/mol. The summed E-state index contributed by atoms with van der Waals surface area (Å²) in [5, 5.41) is 9.54. The molecule has 0 saturated carbocycles. The highest BCUT2D eigenvalue weighted by molar-refractivity contribution is 7.89. The molecule has 10 heteroatoms. The molecule has 1 amide bonds. The van der Waals surface area contributed by atoms with Crippen molar-refractivity contribution in [2.45, 2.75) is 49.3 Å². The van der Waals surface area contributed by atoms with Crippen LogP contribution in [0.4, 0.5) is 13.2 Å². The Morgan fingerprint density at radius 2 is 1.55 bits per heavy atom. The number of hydrogen-bond acceptors (Lipinski definition) is 4. The van der Waals surface area contributed by atoms with Gasteiger partial charge in [-0.15, -0.1) is 0 Å². The van der Waals surface area contributed by atoms with Gasteiger partial charge in [0.25, 0.3) is 0 Å². The molecule has 0 radical (unpaired) electrons. The van der Waals surface area contributed by atoms with E-state index in [-0.39, 0.29) is 23.9 Å². The summed E-state index contributed by atoms with van der Waals surface area (Å²) in [6.07, 6.45) is -2.85. The number of hydrogen-bond donors (Lipinski definition) is 1. The zero-order valence-electron chi connectivity index (χ0n) is 15.9. The zero-order valence-corrected chi connectivity index (χ0v) is 16.8. The third kappa shape index (κ3) is 5.29. The molecule has 29 heavy (non-hydrogen) atoms. The quantitative estimate of drug-likeness (QED) is 0.788. The average molecular weight is 434 g/mol. The van der Waals surface area contributed by atoms with Crippen molar-refractivity contribution in [1.82, 2.24) is 9.21 Å². The number of benzene rings is 1. The fourth-order valence-corrected chi connectivity index (χ4v) is 5.35. The SMILES string of the molecule is O=C(N1CCC(Cc2ccc(S(=O)(=O)N3CCC(O)CC3)cc2)CC1)C(F)(F)F. The van der Waals surface area contributed by atoms with Crippen LogP contribution >= 0.6 is 0 Å². The molecular weight excluding hydrogens is 409 g/mol. The molecule has 0 aromatic heterocycles. The summed E-state index contributed by atoms with van der Waals surface area (Å²) in [7, 11) is -3.59. The van der Waals surface area contributed by atoms with Gasteiger partial charge in [0, 0.05) is 26.2 Å². The van der Waals surface area contributed by atoms with Crippen molar-refractivity contribution in [3.63, 3.8) is 0 Å². The summed E-state index contributed by atoms with van der Waals surface area (Å²) in [5.41, 5.74) is 0.915. The molecule has 6 nitrogen and oxygen atoms in total. The smallest absolute Gasteiger partial charge is 0.393 e. The van der Waals surface area contributed by atoms with Gasteiger partial charge in [-0.1, -0.05) is 12.1 Å². The van der Waals surface area contributed by atoms with Gasteiger partial charge in [-0.2, -0.15) is 17.5 Å². The number of carbonyl (C=O) groups excluding carboxylic acids is 1. The lowest BCUT2D eigenvalue weighted by Gasteiger charge is -2.32. The Bertz CT molecular complexity index is 811. The van der Waals surface area contributed by atoms with Crippen LogP contribution in [0.25, 0.3) is 0 Å². The molecule has 0 atom stereocenters. The van der Waals surface area contributed by atoms with Gasteiger partial charge in [0.1, 0.15) is 0 Å². The lowest BCUT2D eigenvalue weighted by Crippen LogP contribution is -2.45. The van der Waals surface area contributed by atoms with Gasteiger partial charge in [0.05, 0.1) is 11.0 Å². The van der Waals surface area contributed by atoms with Crippen molar-refractivity contribution in [2.24, 2.45) is 5.92 Å². The van der Waals surface area contributed by atoms with E-state index < -0.39 is 28.2 Å². The zero-order chi connectivity index (χ0) is 21.2. The van der Waals surface area contributed by atoms with Crippen LogP contribution in [0.3, 0.4) is 0 Å². The Morgan fingerprint density at radius 3 is 2.07 bits per heavy atom. The van der Waals surface area contributed by atoms with Crippen LogP contribution in [0.5, 0.6) is 0 Å². The Morgan fingerprint density at radius 1 is 1.00 bits per heavy atom. The fourth-order valence-electron chi connectivity index (χ4n) is 3.88. The largest absolute Gasteiger partial charge is 0.471 e. The molecule has 162 valence electrons. The predicted octanol–water partition coefficient (Wildman–Crippen LogP) is 2.18. The topological polar surface area (TPSA) is 77.9 Å². The van der Waals surface area contributed by atoms with Crippen LogP contribution in [0.15, 0.2) is 29.2 Å². The standard InChI is InChI=1S/C19H25F3N2O4S/c20-19(21,22)18(26)23-9-5-15(6-10-23)13-14-1-3-17(4-2-14)29(27,28)24-11-7-16(25)8-12-24/h1-4,15-16,25H,5-13H2. The van der Waals surface area contributed by atoms with E-state index in [0.29, 0.717) is 45.2 Å². The highest BCUT2D eigenvalue weighted by Gasteiger charge is 2.43. The highest BCUT2D eigenvalue weighted by atomic mass is 32.2. The number of amides is 1. The molecule has 1 N–H and O–H groups in total. The number of likely N-dealkylation sites (tertiary alicyclic amines) is 1. The highest BCUT2D eigenvalue weighted by Crippen LogP contribution is 2.27. The Hall–Kier alpha value is -1.65. The number of piperidine rings is 2. The van der Waals surface area contributed by atoms with Gasteiger partial charge < -0.3 is 10.0 Å². The summed E-state index contributed by atoms with van der Waals surface area (Å²) in [6.45, 7) is 0.744. The van der Waals surface area contributed by atoms with Crippen molar-refractivity contribution < 1.29 is 31.5 Å². The van der Waals surface area contributed by atoms with E-state index in [0.717, 1.165) is 10.5 Å². The van der Waals surface area contributed by atoms with Gasteiger partial charge in [0.15, 0.2) is 0 Å². The number of rotatable bonds is 4. The molecule has 3 rings (SSSR count). The minimum atomic E-state index is -4.83. The molecule has 2 aliphatic heterocycles. The van der Waals surface area contributed by atoms with Crippen molar-refractivity contribution in [1.29, 1.82) is 0 Å². The normalized spacial score (nSPS) is 20.8. The number of aliphatic hydroxyl groups excluding tert-OH is 1. The van der Waals surface area contributed by atoms with Gasteiger partial charge in [0.2, 0.25) is 10.0 Å². The molecule has 2 aliphatic rings. The first-order valence-corrected chi connectivity index (χ1v) is 11.1. The minimum absolute atomic E-state index is 0.0796. The molecule has 2 fully saturated rings. The van der Waals surface area contributed by atoms with E-state index in [9.17, 15) is 31.5 Å². The van der Waals surface area contributed by atoms with E-state index in [4.69, 9.17) is 0 Å². The number of halogens is 3. The summed E-state index contributed by atoms with van der Waals surface area (Å²) < 4.78 is 64.3. The molecule has 0 bridgehead atoms. The fraction of sp³-hybridized carbons (Fsp3) is 0.632. The van der Waals surface area contributed by atoms with E-state index >= 15 is 0 Å². The van der Waals surface area contributed by atoms with Crippen molar-refractivity contribution in [2.75, 3.05) is 26.2 Å². The number of nitrogens with zero attached hydrogens (tertiary/aromatic N) is 2. The summed E-state index contributed by atoms with van der Waals surface area (Å²) in [6, 6.07) is 6.58. The van der Waals surface area contributed by atoms with E-state index in [1.54, 1.807) is 24.3 Å². The summed E-state index contributed by atoms with van der Waals surface area (Å²) in [4.78, 5) is 12.3.